The van der Waals surface area contributed by atoms with Gasteiger partial charge in [0.1, 0.15) is 22.2 Å². The van der Waals surface area contributed by atoms with Gasteiger partial charge in [-0.05, 0) is 55.6 Å². The van der Waals surface area contributed by atoms with E-state index in [1.165, 1.54) is 56.6 Å². The molecule has 2 aromatic carbocycles. The number of methoxy groups -OCH3 is 1. The minimum absolute atomic E-state index is 0.0460. The van der Waals surface area contributed by atoms with Gasteiger partial charge in [0.15, 0.2) is 0 Å². The highest BCUT2D eigenvalue weighted by Gasteiger charge is 2.20. The van der Waals surface area contributed by atoms with Crippen molar-refractivity contribution in [3.8, 4) is 17.0 Å². The Morgan fingerprint density at radius 3 is 2.50 bits per heavy atom. The van der Waals surface area contributed by atoms with Gasteiger partial charge in [0.2, 0.25) is 10.0 Å². The number of hydrogen-bond acceptors (Lipinski definition) is 5. The van der Waals surface area contributed by atoms with Crippen molar-refractivity contribution in [2.24, 2.45) is 0 Å². The average Bonchev–Trinajstić information content (AvgIpc) is 3.19. The van der Waals surface area contributed by atoms with E-state index in [2.05, 4.69) is 20.2 Å². The van der Waals surface area contributed by atoms with Crippen LogP contribution in [0.25, 0.3) is 11.3 Å². The van der Waals surface area contributed by atoms with E-state index in [9.17, 15) is 17.6 Å². The number of carbonyl (C=O) groups is 1. The van der Waals surface area contributed by atoms with Gasteiger partial charge in [-0.3, -0.25) is 9.89 Å². The van der Waals surface area contributed by atoms with Crippen LogP contribution in [0.3, 0.4) is 0 Å². The summed E-state index contributed by atoms with van der Waals surface area (Å²) in [5.74, 6) is -0.696. The number of H-pyrrole nitrogens is 1. The van der Waals surface area contributed by atoms with Crippen molar-refractivity contribution in [3.63, 3.8) is 0 Å². The van der Waals surface area contributed by atoms with Crippen molar-refractivity contribution in [3.05, 3.63) is 60.0 Å². The molecule has 0 radical (unpaired) electrons. The fraction of sp³-hybridized carbons (Fsp3) is 0.111. The first kappa shape index (κ1) is 19.5. The van der Waals surface area contributed by atoms with Gasteiger partial charge in [-0.2, -0.15) is 5.10 Å². The van der Waals surface area contributed by atoms with Crippen LogP contribution in [0.4, 0.5) is 10.1 Å². The molecule has 3 aromatic rings. The van der Waals surface area contributed by atoms with Crippen molar-refractivity contribution >= 4 is 21.6 Å². The normalized spacial score (nSPS) is 11.2. The number of nitrogens with one attached hydrogen (secondary N) is 3. The summed E-state index contributed by atoms with van der Waals surface area (Å²) in [6.45, 7) is 0. The van der Waals surface area contributed by atoms with Crippen LogP contribution in [-0.4, -0.2) is 38.7 Å². The lowest BCUT2D eigenvalue weighted by atomic mass is 10.1. The third-order valence-electron chi connectivity index (χ3n) is 3.94. The lowest BCUT2D eigenvalue weighted by Gasteiger charge is -2.09. The zero-order valence-corrected chi connectivity index (χ0v) is 15.8. The van der Waals surface area contributed by atoms with Gasteiger partial charge in [0.05, 0.1) is 12.8 Å². The number of aromatic nitrogens is 2. The van der Waals surface area contributed by atoms with Crippen molar-refractivity contribution in [1.29, 1.82) is 0 Å². The van der Waals surface area contributed by atoms with Crippen molar-refractivity contribution in [2.75, 3.05) is 19.5 Å². The molecule has 1 heterocycles. The molecule has 146 valence electrons. The molecular weight excluding hydrogens is 387 g/mol. The number of anilines is 1. The lowest BCUT2D eigenvalue weighted by molar-refractivity contribution is 0.102. The molecule has 0 atom stereocenters. The monoisotopic (exact) mass is 404 g/mol. The molecular formula is C18H17FN4O4S. The molecule has 0 aliphatic rings. The molecule has 3 N–H and O–H groups in total. The average molecular weight is 404 g/mol. The van der Waals surface area contributed by atoms with Crippen LogP contribution in [0, 0.1) is 5.82 Å². The van der Waals surface area contributed by atoms with E-state index >= 15 is 0 Å². The molecule has 0 saturated heterocycles. The van der Waals surface area contributed by atoms with E-state index in [4.69, 9.17) is 4.74 Å². The number of ether oxygens (including phenoxy) is 1. The summed E-state index contributed by atoms with van der Waals surface area (Å²) in [6, 6.07) is 11.4. The largest absolute Gasteiger partial charge is 0.495 e. The van der Waals surface area contributed by atoms with Gasteiger partial charge in [0, 0.05) is 11.3 Å². The molecule has 1 aromatic heterocycles. The van der Waals surface area contributed by atoms with Crippen LogP contribution >= 0.6 is 0 Å². The van der Waals surface area contributed by atoms with Gasteiger partial charge < -0.3 is 10.1 Å². The topological polar surface area (TPSA) is 113 Å². The van der Waals surface area contributed by atoms with Crippen molar-refractivity contribution in [1.82, 2.24) is 14.9 Å². The Morgan fingerprint density at radius 1 is 1.14 bits per heavy atom. The van der Waals surface area contributed by atoms with E-state index < -0.39 is 21.7 Å². The van der Waals surface area contributed by atoms with Gasteiger partial charge in [-0.1, -0.05) is 0 Å². The smallest absolute Gasteiger partial charge is 0.273 e. The molecule has 28 heavy (non-hydrogen) atoms. The minimum Gasteiger partial charge on any atom is -0.495 e. The number of rotatable bonds is 6. The summed E-state index contributed by atoms with van der Waals surface area (Å²) in [5.41, 5.74) is 1.44. The summed E-state index contributed by atoms with van der Waals surface area (Å²) >= 11 is 0. The number of amides is 1. The maximum atomic E-state index is 12.9. The number of hydrogen-bond donors (Lipinski definition) is 3. The Kier molecular flexibility index (Phi) is 5.43. The number of nitrogens with zero attached hydrogens (tertiary/aromatic N) is 1. The maximum absolute atomic E-state index is 12.9. The lowest BCUT2D eigenvalue weighted by Crippen LogP contribution is -2.19. The molecule has 0 aliphatic carbocycles. The van der Waals surface area contributed by atoms with Gasteiger partial charge in [-0.15, -0.1) is 0 Å². The fourth-order valence-corrected chi connectivity index (χ4v) is 3.39. The number of carbonyl (C=O) groups excluding carboxylic acids is 1. The molecule has 0 unspecified atom stereocenters. The van der Waals surface area contributed by atoms with Gasteiger partial charge in [-0.25, -0.2) is 17.5 Å². The highest BCUT2D eigenvalue weighted by Crippen LogP contribution is 2.29. The Balaban J connectivity index is 1.88. The highest BCUT2D eigenvalue weighted by molar-refractivity contribution is 7.89. The Morgan fingerprint density at radius 2 is 1.86 bits per heavy atom. The van der Waals surface area contributed by atoms with E-state index in [-0.39, 0.29) is 16.3 Å². The first-order valence-electron chi connectivity index (χ1n) is 8.08. The Bertz CT molecular complexity index is 1110. The molecule has 0 saturated carbocycles. The quantitative estimate of drug-likeness (QED) is 0.584. The molecule has 8 nitrogen and oxygen atoms in total. The number of benzene rings is 2. The third-order valence-corrected chi connectivity index (χ3v) is 5.38. The summed E-state index contributed by atoms with van der Waals surface area (Å²) in [5, 5.41) is 9.28. The number of sulfonamides is 1. The predicted molar refractivity (Wildman–Crippen MR) is 101 cm³/mol. The summed E-state index contributed by atoms with van der Waals surface area (Å²) in [6.07, 6.45) is 0. The van der Waals surface area contributed by atoms with Crippen LogP contribution in [-0.2, 0) is 10.0 Å². The second-order valence-corrected chi connectivity index (χ2v) is 7.56. The number of aromatic amines is 1. The Labute approximate surface area is 160 Å². The molecule has 0 spiro atoms. The van der Waals surface area contributed by atoms with Crippen LogP contribution in [0.15, 0.2) is 53.4 Å². The SMILES string of the molecule is CNS(=O)(=O)c1cc(-c2cc(C(=O)Nc3ccc(F)cc3)[nH]n2)ccc1OC. The first-order chi connectivity index (χ1) is 13.3. The third kappa shape index (κ3) is 4.02. The zero-order valence-electron chi connectivity index (χ0n) is 15.0. The van der Waals surface area contributed by atoms with Crippen LogP contribution in [0.1, 0.15) is 10.5 Å². The second kappa shape index (κ2) is 7.79. The molecule has 0 bridgehead atoms. The minimum atomic E-state index is -3.75. The zero-order chi connectivity index (χ0) is 20.3. The van der Waals surface area contributed by atoms with E-state index in [1.807, 2.05) is 0 Å². The fourth-order valence-electron chi connectivity index (χ4n) is 2.47. The summed E-state index contributed by atoms with van der Waals surface area (Å²) in [4.78, 5) is 12.3. The van der Waals surface area contributed by atoms with E-state index in [0.29, 0.717) is 16.9 Å². The highest BCUT2D eigenvalue weighted by atomic mass is 32.2. The standard InChI is InChI=1S/C18H17FN4O4S/c1-20-28(25,26)17-9-11(3-8-16(17)27-2)14-10-15(23-22-14)18(24)21-13-6-4-12(19)5-7-13/h3-10,20H,1-2H3,(H,21,24)(H,22,23). The van der Waals surface area contributed by atoms with Gasteiger partial charge >= 0.3 is 0 Å². The van der Waals surface area contributed by atoms with Gasteiger partial charge in [0.25, 0.3) is 5.91 Å². The summed E-state index contributed by atoms with van der Waals surface area (Å²) < 4.78 is 44.7. The van der Waals surface area contributed by atoms with Crippen LogP contribution in [0.2, 0.25) is 0 Å². The number of halogens is 1. The molecule has 3 rings (SSSR count). The maximum Gasteiger partial charge on any atom is 0.273 e. The molecule has 0 fully saturated rings. The van der Waals surface area contributed by atoms with Crippen LogP contribution < -0.4 is 14.8 Å². The van der Waals surface area contributed by atoms with Crippen molar-refractivity contribution < 1.29 is 22.3 Å². The first-order valence-corrected chi connectivity index (χ1v) is 9.56. The van der Waals surface area contributed by atoms with Crippen molar-refractivity contribution in [2.45, 2.75) is 4.90 Å². The molecule has 0 aliphatic heterocycles. The molecule has 1 amide bonds. The molecule has 10 heteroatoms. The van der Waals surface area contributed by atoms with E-state index in [0.717, 1.165) is 0 Å². The Hall–Kier alpha value is -3.24. The van der Waals surface area contributed by atoms with E-state index in [1.54, 1.807) is 6.07 Å². The predicted octanol–water partition coefficient (Wildman–Crippen LogP) is 2.38. The second-order valence-electron chi connectivity index (χ2n) is 5.70. The van der Waals surface area contributed by atoms with Crippen LogP contribution in [0.5, 0.6) is 5.75 Å². The summed E-state index contributed by atoms with van der Waals surface area (Å²) in [7, 11) is -1.08.